The van der Waals surface area contributed by atoms with Gasteiger partial charge in [0.1, 0.15) is 0 Å². The van der Waals surface area contributed by atoms with Crippen LogP contribution in [0.1, 0.15) is 20.3 Å². The number of benzene rings is 1. The quantitative estimate of drug-likeness (QED) is 0.357. The Balaban J connectivity index is 2.20. The molecule has 0 saturated heterocycles. The van der Waals surface area contributed by atoms with Crippen LogP contribution in [-0.4, -0.2) is 36.2 Å². The largest absolute Gasteiger partial charge is 0.370 e. The molecule has 100 valence electrons. The van der Waals surface area contributed by atoms with Gasteiger partial charge in [-0.15, -0.1) is 11.8 Å². The van der Waals surface area contributed by atoms with Gasteiger partial charge in [0.2, 0.25) is 0 Å². The minimum atomic E-state index is 0.671. The van der Waals surface area contributed by atoms with Gasteiger partial charge in [-0.1, -0.05) is 18.2 Å². The van der Waals surface area contributed by atoms with Crippen molar-refractivity contribution in [1.29, 1.82) is 0 Å². The van der Waals surface area contributed by atoms with Crippen LogP contribution >= 0.6 is 11.8 Å². The highest BCUT2D eigenvalue weighted by molar-refractivity contribution is 7.99. The molecule has 0 aliphatic rings. The third-order valence-electron chi connectivity index (χ3n) is 2.68. The molecule has 1 aromatic carbocycles. The van der Waals surface area contributed by atoms with Crippen LogP contribution in [0.5, 0.6) is 0 Å². The Bertz CT molecular complexity index is 347. The molecule has 0 aromatic heterocycles. The highest BCUT2D eigenvalue weighted by Gasteiger charge is 2.00. The number of nitrogens with zero attached hydrogens (tertiary/aromatic N) is 2. The number of aliphatic imine (C=N–C) groups is 1. The Morgan fingerprint density at radius 3 is 2.50 bits per heavy atom. The average Bonchev–Trinajstić information content (AvgIpc) is 2.41. The topological polar surface area (TPSA) is 41.6 Å². The van der Waals surface area contributed by atoms with Gasteiger partial charge in [0.15, 0.2) is 5.96 Å². The lowest BCUT2D eigenvalue weighted by Crippen LogP contribution is -2.37. The third-order valence-corrected chi connectivity index (χ3v) is 3.77. The number of hydrogen-bond donors (Lipinski definition) is 1. The Hall–Kier alpha value is -1.16. The first-order chi connectivity index (χ1) is 8.77. The zero-order valence-corrected chi connectivity index (χ0v) is 12.1. The highest BCUT2D eigenvalue weighted by atomic mass is 32.2. The fraction of sp³-hybridized carbons (Fsp3) is 0.500. The van der Waals surface area contributed by atoms with Gasteiger partial charge in [-0.2, -0.15) is 0 Å². The SMILES string of the molecule is CCN(CC)C(N)=NCCCSc1ccccc1. The van der Waals surface area contributed by atoms with Gasteiger partial charge in [0.05, 0.1) is 0 Å². The lowest BCUT2D eigenvalue weighted by molar-refractivity contribution is 0.458. The summed E-state index contributed by atoms with van der Waals surface area (Å²) in [7, 11) is 0. The number of nitrogens with two attached hydrogens (primary N) is 1. The van der Waals surface area contributed by atoms with Crippen LogP contribution in [0.3, 0.4) is 0 Å². The predicted octanol–water partition coefficient (Wildman–Crippen LogP) is 2.83. The summed E-state index contributed by atoms with van der Waals surface area (Å²) in [6, 6.07) is 10.5. The molecule has 0 saturated carbocycles. The Kier molecular flexibility index (Phi) is 7.34. The molecule has 0 heterocycles. The van der Waals surface area contributed by atoms with Crippen molar-refractivity contribution in [3.05, 3.63) is 30.3 Å². The predicted molar refractivity (Wildman–Crippen MR) is 81.2 cm³/mol. The van der Waals surface area contributed by atoms with E-state index in [0.29, 0.717) is 5.96 Å². The first-order valence-electron chi connectivity index (χ1n) is 6.50. The molecule has 3 nitrogen and oxygen atoms in total. The summed E-state index contributed by atoms with van der Waals surface area (Å²) in [5.41, 5.74) is 5.90. The van der Waals surface area contributed by atoms with Crippen molar-refractivity contribution in [3.8, 4) is 0 Å². The number of thioether (sulfide) groups is 1. The number of guanidine groups is 1. The summed E-state index contributed by atoms with van der Waals surface area (Å²) in [6.45, 7) is 6.84. The van der Waals surface area contributed by atoms with Crippen molar-refractivity contribution in [3.63, 3.8) is 0 Å². The van der Waals surface area contributed by atoms with E-state index in [1.165, 1.54) is 4.90 Å². The van der Waals surface area contributed by atoms with E-state index in [9.17, 15) is 0 Å². The van der Waals surface area contributed by atoms with Crippen molar-refractivity contribution in [2.24, 2.45) is 10.7 Å². The van der Waals surface area contributed by atoms with Crippen molar-refractivity contribution in [2.75, 3.05) is 25.4 Å². The second-order valence-electron chi connectivity index (χ2n) is 3.93. The minimum absolute atomic E-state index is 0.671. The van der Waals surface area contributed by atoms with E-state index in [0.717, 1.165) is 31.8 Å². The summed E-state index contributed by atoms with van der Waals surface area (Å²) < 4.78 is 0. The van der Waals surface area contributed by atoms with Gasteiger partial charge in [-0.3, -0.25) is 4.99 Å². The molecule has 0 radical (unpaired) electrons. The van der Waals surface area contributed by atoms with E-state index in [-0.39, 0.29) is 0 Å². The molecule has 0 aliphatic heterocycles. The Morgan fingerprint density at radius 1 is 1.22 bits per heavy atom. The Labute approximate surface area is 114 Å². The van der Waals surface area contributed by atoms with Crippen LogP contribution in [0.25, 0.3) is 0 Å². The third kappa shape index (κ3) is 5.45. The van der Waals surface area contributed by atoms with E-state index in [2.05, 4.69) is 48.0 Å². The number of hydrogen-bond acceptors (Lipinski definition) is 2. The second kappa shape index (κ2) is 8.86. The summed E-state index contributed by atoms with van der Waals surface area (Å²) in [5, 5.41) is 0. The number of rotatable bonds is 7. The summed E-state index contributed by atoms with van der Waals surface area (Å²) in [5.74, 6) is 1.75. The monoisotopic (exact) mass is 265 g/mol. The van der Waals surface area contributed by atoms with Crippen LogP contribution in [-0.2, 0) is 0 Å². The van der Waals surface area contributed by atoms with Crippen LogP contribution in [0.4, 0.5) is 0 Å². The van der Waals surface area contributed by atoms with Crippen LogP contribution in [0.15, 0.2) is 40.2 Å². The smallest absolute Gasteiger partial charge is 0.191 e. The highest BCUT2D eigenvalue weighted by Crippen LogP contribution is 2.17. The normalized spacial score (nSPS) is 11.6. The molecule has 2 N–H and O–H groups in total. The molecule has 0 spiro atoms. The summed E-state index contributed by atoms with van der Waals surface area (Å²) >= 11 is 1.87. The maximum atomic E-state index is 5.90. The van der Waals surface area contributed by atoms with Crippen molar-refractivity contribution < 1.29 is 0 Å². The first-order valence-corrected chi connectivity index (χ1v) is 7.49. The van der Waals surface area contributed by atoms with E-state index < -0.39 is 0 Å². The fourth-order valence-corrected chi connectivity index (χ4v) is 2.47. The van der Waals surface area contributed by atoms with Gasteiger partial charge in [0, 0.05) is 24.5 Å². The van der Waals surface area contributed by atoms with E-state index >= 15 is 0 Å². The van der Waals surface area contributed by atoms with E-state index in [4.69, 9.17) is 5.73 Å². The van der Waals surface area contributed by atoms with Gasteiger partial charge in [0.25, 0.3) is 0 Å². The molecule has 0 unspecified atom stereocenters. The zero-order chi connectivity index (χ0) is 13.2. The Morgan fingerprint density at radius 2 is 1.89 bits per heavy atom. The maximum Gasteiger partial charge on any atom is 0.191 e. The summed E-state index contributed by atoms with van der Waals surface area (Å²) in [4.78, 5) is 7.80. The molecule has 18 heavy (non-hydrogen) atoms. The molecule has 0 amide bonds. The van der Waals surface area contributed by atoms with Crippen molar-refractivity contribution in [2.45, 2.75) is 25.2 Å². The molecule has 1 rings (SSSR count). The van der Waals surface area contributed by atoms with E-state index in [1.54, 1.807) is 0 Å². The van der Waals surface area contributed by atoms with Crippen molar-refractivity contribution >= 4 is 17.7 Å². The molecule has 0 bridgehead atoms. The molecule has 0 atom stereocenters. The maximum absolute atomic E-state index is 5.90. The molecular weight excluding hydrogens is 242 g/mol. The molecule has 0 aliphatic carbocycles. The molecule has 0 fully saturated rings. The standard InChI is InChI=1S/C14H23N3S/c1-3-17(4-2)14(15)16-11-8-12-18-13-9-6-5-7-10-13/h5-7,9-10H,3-4,8,11-12H2,1-2H3,(H2,15,16). The van der Waals surface area contributed by atoms with Gasteiger partial charge in [-0.05, 0) is 38.2 Å². The molecule has 1 aromatic rings. The van der Waals surface area contributed by atoms with Crippen LogP contribution in [0.2, 0.25) is 0 Å². The van der Waals surface area contributed by atoms with Gasteiger partial charge >= 0.3 is 0 Å². The summed E-state index contributed by atoms with van der Waals surface area (Å²) in [6.07, 6.45) is 1.06. The van der Waals surface area contributed by atoms with E-state index in [1.807, 2.05) is 17.8 Å². The molecule has 4 heteroatoms. The zero-order valence-electron chi connectivity index (χ0n) is 11.3. The van der Waals surface area contributed by atoms with Crippen LogP contribution < -0.4 is 5.73 Å². The van der Waals surface area contributed by atoms with Crippen LogP contribution in [0, 0.1) is 0 Å². The fourth-order valence-electron chi connectivity index (χ4n) is 1.61. The second-order valence-corrected chi connectivity index (χ2v) is 5.10. The lowest BCUT2D eigenvalue weighted by Gasteiger charge is -2.19. The van der Waals surface area contributed by atoms with Gasteiger partial charge in [-0.25, -0.2) is 0 Å². The van der Waals surface area contributed by atoms with Gasteiger partial charge < -0.3 is 10.6 Å². The molecular formula is C14H23N3S. The van der Waals surface area contributed by atoms with Crippen molar-refractivity contribution in [1.82, 2.24) is 4.90 Å². The minimum Gasteiger partial charge on any atom is -0.370 e. The lowest BCUT2D eigenvalue weighted by atomic mass is 10.4. The average molecular weight is 265 g/mol. The first kappa shape index (κ1) is 14.9.